The molecule has 5 nitrogen and oxygen atoms in total. The van der Waals surface area contributed by atoms with E-state index in [1.54, 1.807) is 24.3 Å². The van der Waals surface area contributed by atoms with Gasteiger partial charge in [0.1, 0.15) is 17.9 Å². The molecule has 0 saturated carbocycles. The van der Waals surface area contributed by atoms with E-state index in [2.05, 4.69) is 0 Å². The number of nitrogens with one attached hydrogen (secondary N) is 1. The topological polar surface area (TPSA) is 58.9 Å². The van der Waals surface area contributed by atoms with Crippen molar-refractivity contribution in [3.05, 3.63) is 70.9 Å². The van der Waals surface area contributed by atoms with Crippen molar-refractivity contribution < 1.29 is 19.3 Å². The van der Waals surface area contributed by atoms with Crippen LogP contribution in [0.5, 0.6) is 0 Å². The smallest absolute Gasteiger partial charge is 0.244 e. The van der Waals surface area contributed by atoms with Crippen LogP contribution in [0, 0.1) is 11.8 Å². The van der Waals surface area contributed by atoms with Gasteiger partial charge in [-0.1, -0.05) is 41.9 Å². The molecule has 2 amide bonds. The summed E-state index contributed by atoms with van der Waals surface area (Å²) in [4.78, 5) is 41.5. The van der Waals surface area contributed by atoms with Crippen molar-refractivity contribution in [1.29, 1.82) is 0 Å². The average Bonchev–Trinajstić information content (AvgIpc) is 3.15. The van der Waals surface area contributed by atoms with E-state index in [1.807, 2.05) is 36.5 Å². The number of carbonyl (C=O) groups is 3. The Morgan fingerprint density at radius 1 is 1.04 bits per heavy atom. The van der Waals surface area contributed by atoms with E-state index < -0.39 is 17.9 Å². The number of hydrogen-bond donors (Lipinski definition) is 1. The Labute approximate surface area is 167 Å². The van der Waals surface area contributed by atoms with Crippen LogP contribution >= 0.6 is 11.6 Å². The fraction of sp³-hybridized carbons (Fsp3) is 0.227. The Bertz CT molecular complexity index is 1060. The van der Waals surface area contributed by atoms with Crippen molar-refractivity contribution in [3.63, 3.8) is 0 Å². The molecule has 0 bridgehead atoms. The predicted octanol–water partition coefficient (Wildman–Crippen LogP) is 2.03. The van der Waals surface area contributed by atoms with E-state index in [0.29, 0.717) is 10.7 Å². The van der Waals surface area contributed by atoms with Crippen molar-refractivity contribution in [2.45, 2.75) is 19.0 Å². The fourth-order valence-electron chi connectivity index (χ4n) is 5.09. The molecule has 3 aliphatic heterocycles. The summed E-state index contributed by atoms with van der Waals surface area (Å²) in [7, 11) is 0. The third-order valence-electron chi connectivity index (χ3n) is 6.13. The number of fused-ring (bicyclic) bond motifs is 5. The standard InChI is InChI=1S/C22H17ClN2O3/c1-12(26)19-17-18(20-16-8-3-2-5-13(16)9-10-24(19)20)22(28)25(21(17)27)15-7-4-6-14(23)11-15/h2-11,17-20H,1H3/p+1/t17-,18+,19-,20-/m1/s1. The number of quaternary nitrogens is 1. The Balaban J connectivity index is 1.66. The van der Waals surface area contributed by atoms with Crippen LogP contribution < -0.4 is 9.80 Å². The average molecular weight is 394 g/mol. The molecule has 0 aromatic heterocycles. The van der Waals surface area contributed by atoms with Crippen LogP contribution in [-0.4, -0.2) is 23.6 Å². The summed E-state index contributed by atoms with van der Waals surface area (Å²) >= 11 is 6.08. The van der Waals surface area contributed by atoms with Gasteiger partial charge in [0.05, 0.1) is 11.9 Å². The molecular formula is C22H18ClN2O3+. The molecule has 2 saturated heterocycles. The quantitative estimate of drug-likeness (QED) is 0.794. The summed E-state index contributed by atoms with van der Waals surface area (Å²) in [6, 6.07) is 13.8. The van der Waals surface area contributed by atoms with Gasteiger partial charge >= 0.3 is 0 Å². The molecule has 0 aliphatic carbocycles. The Morgan fingerprint density at radius 2 is 1.79 bits per heavy atom. The summed E-state index contributed by atoms with van der Waals surface area (Å²) < 4.78 is 0. The molecule has 1 N–H and O–H groups in total. The number of anilines is 1. The second-order valence-electron chi connectivity index (χ2n) is 7.57. The lowest BCUT2D eigenvalue weighted by Crippen LogP contribution is -3.12. The van der Waals surface area contributed by atoms with E-state index in [9.17, 15) is 14.4 Å². The van der Waals surface area contributed by atoms with Gasteiger partial charge in [0.15, 0.2) is 11.8 Å². The van der Waals surface area contributed by atoms with Gasteiger partial charge in [-0.05, 0) is 29.8 Å². The van der Waals surface area contributed by atoms with Gasteiger partial charge in [-0.15, -0.1) is 0 Å². The van der Waals surface area contributed by atoms with Crippen molar-refractivity contribution in [3.8, 4) is 0 Å². The van der Waals surface area contributed by atoms with E-state index in [0.717, 1.165) is 16.0 Å². The van der Waals surface area contributed by atoms with Gasteiger partial charge in [0.2, 0.25) is 11.8 Å². The molecule has 140 valence electrons. The number of nitrogens with zero attached hydrogens (tertiary/aromatic N) is 1. The molecule has 5 atom stereocenters. The number of imide groups is 1. The number of halogens is 1. The van der Waals surface area contributed by atoms with Gasteiger partial charge in [-0.25, -0.2) is 4.90 Å². The highest BCUT2D eigenvalue weighted by atomic mass is 35.5. The summed E-state index contributed by atoms with van der Waals surface area (Å²) in [6.45, 7) is 1.51. The largest absolute Gasteiger partial charge is 0.293 e. The van der Waals surface area contributed by atoms with Gasteiger partial charge in [-0.2, -0.15) is 0 Å². The number of benzene rings is 2. The highest BCUT2D eigenvalue weighted by Gasteiger charge is 2.67. The first kappa shape index (κ1) is 17.3. The maximum Gasteiger partial charge on any atom is 0.244 e. The van der Waals surface area contributed by atoms with Crippen LogP contribution in [0.4, 0.5) is 5.69 Å². The van der Waals surface area contributed by atoms with Crippen molar-refractivity contribution in [2.75, 3.05) is 4.90 Å². The number of rotatable bonds is 2. The first-order valence-electron chi connectivity index (χ1n) is 9.26. The normalized spacial score (nSPS) is 30.2. The summed E-state index contributed by atoms with van der Waals surface area (Å²) in [5.74, 6) is -1.88. The van der Waals surface area contributed by atoms with Crippen LogP contribution in [0.1, 0.15) is 24.1 Å². The van der Waals surface area contributed by atoms with E-state index in [-0.39, 0.29) is 23.6 Å². The minimum atomic E-state index is -0.667. The number of carbonyl (C=O) groups excluding carboxylic acids is 3. The second-order valence-corrected chi connectivity index (χ2v) is 8.01. The monoisotopic (exact) mass is 393 g/mol. The van der Waals surface area contributed by atoms with Crippen molar-refractivity contribution >= 4 is 41.0 Å². The van der Waals surface area contributed by atoms with Crippen LogP contribution in [-0.2, 0) is 14.4 Å². The molecule has 1 unspecified atom stereocenters. The van der Waals surface area contributed by atoms with Gasteiger partial charge < -0.3 is 0 Å². The highest BCUT2D eigenvalue weighted by Crippen LogP contribution is 2.44. The molecule has 3 aliphatic rings. The molecule has 2 fully saturated rings. The van der Waals surface area contributed by atoms with E-state index in [1.165, 1.54) is 11.8 Å². The van der Waals surface area contributed by atoms with E-state index in [4.69, 9.17) is 11.6 Å². The zero-order chi connectivity index (χ0) is 19.6. The number of amides is 2. The predicted molar refractivity (Wildman–Crippen MR) is 105 cm³/mol. The second kappa shape index (κ2) is 6.12. The fourth-order valence-corrected chi connectivity index (χ4v) is 5.28. The molecule has 28 heavy (non-hydrogen) atoms. The first-order chi connectivity index (χ1) is 13.5. The molecule has 2 aromatic carbocycles. The zero-order valence-electron chi connectivity index (χ0n) is 15.1. The Hall–Kier alpha value is -2.76. The maximum atomic E-state index is 13.5. The summed E-state index contributed by atoms with van der Waals surface area (Å²) in [6.07, 6.45) is 3.91. The molecule has 0 spiro atoms. The lowest BCUT2D eigenvalue weighted by Gasteiger charge is -2.30. The number of ketones is 1. The molecule has 3 heterocycles. The van der Waals surface area contributed by atoms with Crippen LogP contribution in [0.3, 0.4) is 0 Å². The molecule has 2 aromatic rings. The SMILES string of the molecule is CC(=O)[C@@H]1[C@@H]2C(=O)N(c3cccc(Cl)c3)C(=O)[C@@H]2[C@H]2c3ccccc3C=C[NH+]12. The van der Waals surface area contributed by atoms with E-state index >= 15 is 0 Å². The Kier molecular flexibility index (Phi) is 3.79. The summed E-state index contributed by atoms with van der Waals surface area (Å²) in [5.41, 5.74) is 2.49. The number of Topliss-reactive ketones (excluding diaryl/α,β-unsaturated/α-hetero) is 1. The minimum Gasteiger partial charge on any atom is -0.293 e. The molecule has 0 radical (unpaired) electrons. The van der Waals surface area contributed by atoms with Gasteiger partial charge in [0.25, 0.3) is 0 Å². The highest BCUT2D eigenvalue weighted by molar-refractivity contribution is 6.31. The van der Waals surface area contributed by atoms with Crippen molar-refractivity contribution in [1.82, 2.24) is 0 Å². The number of hydrogen-bond acceptors (Lipinski definition) is 3. The minimum absolute atomic E-state index is 0.0781. The third kappa shape index (κ3) is 2.26. The maximum absolute atomic E-state index is 13.5. The third-order valence-corrected chi connectivity index (χ3v) is 6.36. The first-order valence-corrected chi connectivity index (χ1v) is 9.64. The zero-order valence-corrected chi connectivity index (χ0v) is 15.9. The molecular weight excluding hydrogens is 376 g/mol. The summed E-state index contributed by atoms with van der Waals surface area (Å²) in [5, 5.41) is 0.455. The van der Waals surface area contributed by atoms with Gasteiger partial charge in [-0.3, -0.25) is 19.3 Å². The lowest BCUT2D eigenvalue weighted by atomic mass is 9.84. The molecule has 6 heteroatoms. The van der Waals surface area contributed by atoms with Crippen LogP contribution in [0.15, 0.2) is 54.7 Å². The van der Waals surface area contributed by atoms with Crippen molar-refractivity contribution in [2.24, 2.45) is 11.8 Å². The Morgan fingerprint density at radius 3 is 2.54 bits per heavy atom. The molecule has 5 rings (SSSR count). The van der Waals surface area contributed by atoms with Crippen LogP contribution in [0.2, 0.25) is 5.02 Å². The van der Waals surface area contributed by atoms with Gasteiger partial charge in [0, 0.05) is 17.5 Å². The van der Waals surface area contributed by atoms with Crippen LogP contribution in [0.25, 0.3) is 6.08 Å². The lowest BCUT2D eigenvalue weighted by molar-refractivity contribution is -0.884.